The Morgan fingerprint density at radius 1 is 1.19 bits per heavy atom. The Hall–Kier alpha value is -2.69. The Morgan fingerprint density at radius 3 is 2.69 bits per heavy atom. The highest BCUT2D eigenvalue weighted by Crippen LogP contribution is 2.30. The van der Waals surface area contributed by atoms with Gasteiger partial charge in [0.15, 0.2) is 17.6 Å². The van der Waals surface area contributed by atoms with Crippen LogP contribution in [0, 0.1) is 13.8 Å². The molecule has 0 fully saturated rings. The second kappa shape index (κ2) is 8.13. The van der Waals surface area contributed by atoms with Crippen molar-refractivity contribution in [3.63, 3.8) is 0 Å². The summed E-state index contributed by atoms with van der Waals surface area (Å²) in [6.07, 6.45) is -0.161. The van der Waals surface area contributed by atoms with Gasteiger partial charge in [-0.2, -0.15) is 0 Å². The summed E-state index contributed by atoms with van der Waals surface area (Å²) in [4.78, 5) is 12.5. The van der Waals surface area contributed by atoms with Gasteiger partial charge in [0.1, 0.15) is 18.5 Å². The van der Waals surface area contributed by atoms with E-state index in [4.69, 9.17) is 14.2 Å². The van der Waals surface area contributed by atoms with Crippen molar-refractivity contribution < 1.29 is 19.0 Å². The van der Waals surface area contributed by atoms with Crippen molar-refractivity contribution in [2.45, 2.75) is 39.4 Å². The van der Waals surface area contributed by atoms with Gasteiger partial charge in [-0.3, -0.25) is 4.79 Å². The van der Waals surface area contributed by atoms with Crippen molar-refractivity contribution in [3.05, 3.63) is 53.6 Å². The Bertz CT molecular complexity index is 774. The molecule has 3 rings (SSSR count). The number of aryl methyl sites for hydroxylation is 2. The quantitative estimate of drug-likeness (QED) is 0.863. The molecule has 1 amide bonds. The first-order valence-corrected chi connectivity index (χ1v) is 8.97. The third-order valence-corrected chi connectivity index (χ3v) is 4.49. The number of para-hydroxylation sites is 2. The van der Waals surface area contributed by atoms with Crippen molar-refractivity contribution in [1.29, 1.82) is 0 Å². The predicted octanol–water partition coefficient (Wildman–Crippen LogP) is 3.42. The van der Waals surface area contributed by atoms with Crippen LogP contribution < -0.4 is 19.5 Å². The number of hydrogen-bond acceptors (Lipinski definition) is 4. The monoisotopic (exact) mass is 355 g/mol. The fraction of sp³-hybridized carbons (Fsp3) is 0.381. The number of fused-ring (bicyclic) bond motifs is 1. The van der Waals surface area contributed by atoms with Gasteiger partial charge in [-0.1, -0.05) is 25.1 Å². The van der Waals surface area contributed by atoms with Crippen molar-refractivity contribution in [1.82, 2.24) is 5.32 Å². The first-order valence-electron chi connectivity index (χ1n) is 8.97. The fourth-order valence-electron chi connectivity index (χ4n) is 2.77. The lowest BCUT2D eigenvalue weighted by molar-refractivity contribution is -0.128. The standard InChI is InChI=1S/C21H25NO4/c1-4-18(25-16-10-9-14(2)15(3)11-16)21(23)22-12-17-13-24-19-7-5-6-8-20(19)26-17/h5-11,17-18H,4,12-13H2,1-3H3,(H,22,23)/t17-,18+/m0/s1. The number of carbonyl (C=O) groups is 1. The molecule has 138 valence electrons. The molecule has 1 N–H and O–H groups in total. The van der Waals surface area contributed by atoms with Gasteiger partial charge in [0, 0.05) is 0 Å². The van der Waals surface area contributed by atoms with E-state index in [-0.39, 0.29) is 12.0 Å². The molecule has 2 aromatic carbocycles. The van der Waals surface area contributed by atoms with Crippen LogP contribution in [-0.2, 0) is 4.79 Å². The van der Waals surface area contributed by atoms with E-state index in [9.17, 15) is 4.79 Å². The molecule has 0 saturated carbocycles. The zero-order chi connectivity index (χ0) is 18.5. The minimum atomic E-state index is -0.533. The van der Waals surface area contributed by atoms with Crippen LogP contribution in [-0.4, -0.2) is 31.3 Å². The lowest BCUT2D eigenvalue weighted by atomic mass is 10.1. The van der Waals surface area contributed by atoms with E-state index in [0.717, 1.165) is 11.3 Å². The topological polar surface area (TPSA) is 56.8 Å². The molecule has 1 aliphatic heterocycles. The van der Waals surface area contributed by atoms with E-state index in [2.05, 4.69) is 5.32 Å². The van der Waals surface area contributed by atoms with Crippen LogP contribution in [0.25, 0.3) is 0 Å². The third kappa shape index (κ3) is 4.28. The van der Waals surface area contributed by atoms with Gasteiger partial charge in [0.25, 0.3) is 5.91 Å². The van der Waals surface area contributed by atoms with Gasteiger partial charge in [0.2, 0.25) is 0 Å². The molecule has 2 aromatic rings. The Kier molecular flexibility index (Phi) is 5.66. The molecular formula is C21H25NO4. The number of ether oxygens (including phenoxy) is 3. The van der Waals surface area contributed by atoms with Crippen LogP contribution in [0.5, 0.6) is 17.2 Å². The molecule has 0 radical (unpaired) electrons. The predicted molar refractivity (Wildman–Crippen MR) is 100.0 cm³/mol. The van der Waals surface area contributed by atoms with Gasteiger partial charge < -0.3 is 19.5 Å². The van der Waals surface area contributed by atoms with E-state index in [0.29, 0.717) is 31.1 Å². The van der Waals surface area contributed by atoms with Crippen LogP contribution in [0.3, 0.4) is 0 Å². The molecule has 0 bridgehead atoms. The highest BCUT2D eigenvalue weighted by molar-refractivity contribution is 5.81. The fourth-order valence-corrected chi connectivity index (χ4v) is 2.77. The van der Waals surface area contributed by atoms with E-state index in [1.165, 1.54) is 5.56 Å². The van der Waals surface area contributed by atoms with E-state index in [1.807, 2.05) is 63.2 Å². The van der Waals surface area contributed by atoms with Crippen LogP contribution in [0.4, 0.5) is 0 Å². The molecule has 5 nitrogen and oxygen atoms in total. The first kappa shape index (κ1) is 18.1. The average Bonchev–Trinajstić information content (AvgIpc) is 2.66. The SMILES string of the molecule is CC[C@@H](Oc1ccc(C)c(C)c1)C(=O)NC[C@H]1COc2ccccc2O1. The summed E-state index contributed by atoms with van der Waals surface area (Å²) in [6.45, 7) is 6.79. The lowest BCUT2D eigenvalue weighted by Crippen LogP contribution is -2.45. The van der Waals surface area contributed by atoms with Gasteiger partial charge in [0.05, 0.1) is 6.54 Å². The van der Waals surface area contributed by atoms with Crippen LogP contribution in [0.2, 0.25) is 0 Å². The number of hydrogen-bond donors (Lipinski definition) is 1. The van der Waals surface area contributed by atoms with E-state index >= 15 is 0 Å². The summed E-state index contributed by atoms with van der Waals surface area (Å²) in [5.41, 5.74) is 2.34. The van der Waals surface area contributed by atoms with Crippen molar-refractivity contribution in [2.75, 3.05) is 13.2 Å². The zero-order valence-electron chi connectivity index (χ0n) is 15.5. The highest BCUT2D eigenvalue weighted by Gasteiger charge is 2.24. The number of amides is 1. The molecule has 2 atom stereocenters. The summed E-state index contributed by atoms with van der Waals surface area (Å²) in [7, 11) is 0. The average molecular weight is 355 g/mol. The molecule has 0 saturated heterocycles. The molecule has 0 spiro atoms. The van der Waals surface area contributed by atoms with Crippen molar-refractivity contribution in [3.8, 4) is 17.2 Å². The largest absolute Gasteiger partial charge is 0.486 e. The molecule has 26 heavy (non-hydrogen) atoms. The number of benzene rings is 2. The highest BCUT2D eigenvalue weighted by atomic mass is 16.6. The Morgan fingerprint density at radius 2 is 1.96 bits per heavy atom. The Balaban J connectivity index is 1.54. The molecule has 5 heteroatoms. The number of carbonyl (C=O) groups excluding carboxylic acids is 1. The smallest absolute Gasteiger partial charge is 0.261 e. The molecule has 0 aromatic heterocycles. The number of nitrogens with one attached hydrogen (secondary N) is 1. The molecule has 1 heterocycles. The zero-order valence-corrected chi connectivity index (χ0v) is 15.5. The van der Waals surface area contributed by atoms with Gasteiger partial charge >= 0.3 is 0 Å². The summed E-state index contributed by atoms with van der Waals surface area (Å²) in [5, 5.41) is 2.91. The lowest BCUT2D eigenvalue weighted by Gasteiger charge is -2.27. The molecule has 0 unspecified atom stereocenters. The second-order valence-corrected chi connectivity index (χ2v) is 6.50. The maximum absolute atomic E-state index is 12.5. The second-order valence-electron chi connectivity index (χ2n) is 6.50. The molecule has 0 aliphatic carbocycles. The van der Waals surface area contributed by atoms with Gasteiger partial charge in [-0.15, -0.1) is 0 Å². The summed E-state index contributed by atoms with van der Waals surface area (Å²) in [6, 6.07) is 13.4. The summed E-state index contributed by atoms with van der Waals surface area (Å²) in [5.74, 6) is 2.01. The van der Waals surface area contributed by atoms with E-state index < -0.39 is 6.10 Å². The summed E-state index contributed by atoms with van der Waals surface area (Å²) >= 11 is 0. The maximum Gasteiger partial charge on any atom is 0.261 e. The van der Waals surface area contributed by atoms with Crippen LogP contribution in [0.1, 0.15) is 24.5 Å². The van der Waals surface area contributed by atoms with E-state index in [1.54, 1.807) is 0 Å². The van der Waals surface area contributed by atoms with Gasteiger partial charge in [-0.05, 0) is 55.7 Å². The Labute approximate surface area is 154 Å². The van der Waals surface area contributed by atoms with Crippen LogP contribution >= 0.6 is 0 Å². The minimum absolute atomic E-state index is 0.145. The summed E-state index contributed by atoms with van der Waals surface area (Å²) < 4.78 is 17.4. The first-order chi connectivity index (χ1) is 12.6. The van der Waals surface area contributed by atoms with Crippen LogP contribution in [0.15, 0.2) is 42.5 Å². The van der Waals surface area contributed by atoms with Crippen molar-refractivity contribution >= 4 is 5.91 Å². The molecular weight excluding hydrogens is 330 g/mol. The van der Waals surface area contributed by atoms with Crippen molar-refractivity contribution in [2.24, 2.45) is 0 Å². The minimum Gasteiger partial charge on any atom is -0.486 e. The third-order valence-electron chi connectivity index (χ3n) is 4.49. The molecule has 1 aliphatic rings. The number of rotatable bonds is 6. The maximum atomic E-state index is 12.5. The normalized spacial score (nSPS) is 16.7. The van der Waals surface area contributed by atoms with Gasteiger partial charge in [-0.25, -0.2) is 0 Å².